The summed E-state index contributed by atoms with van der Waals surface area (Å²) in [6, 6.07) is 15.8. The number of nitriles is 1. The molecule has 156 valence electrons. The van der Waals surface area contributed by atoms with E-state index in [1.54, 1.807) is 62.4 Å². The van der Waals surface area contributed by atoms with Crippen LogP contribution < -0.4 is 16.0 Å². The van der Waals surface area contributed by atoms with Crippen molar-refractivity contribution in [3.05, 3.63) is 60.2 Å². The van der Waals surface area contributed by atoms with Crippen molar-refractivity contribution in [3.8, 4) is 6.07 Å². The molecule has 3 amide bonds. The zero-order chi connectivity index (χ0) is 22.1. The largest absolute Gasteiger partial charge is 0.451 e. The zero-order valence-electron chi connectivity index (χ0n) is 17.0. The van der Waals surface area contributed by atoms with Gasteiger partial charge >= 0.3 is 12.0 Å². The molecule has 0 aliphatic rings. The number of hydrogen-bond donors (Lipinski definition) is 3. The highest BCUT2D eigenvalue weighted by Gasteiger charge is 2.29. The van der Waals surface area contributed by atoms with Gasteiger partial charge in [0.05, 0.1) is 11.3 Å². The molecule has 0 fully saturated rings. The predicted molar refractivity (Wildman–Crippen MR) is 113 cm³/mol. The number of carbonyl (C=O) groups excluding carboxylic acids is 3. The van der Waals surface area contributed by atoms with Crippen molar-refractivity contribution in [2.45, 2.75) is 32.9 Å². The van der Waals surface area contributed by atoms with Gasteiger partial charge in [-0.2, -0.15) is 5.26 Å². The molecule has 8 heteroatoms. The number of esters is 1. The van der Waals surface area contributed by atoms with Crippen LogP contribution in [-0.2, 0) is 14.3 Å². The summed E-state index contributed by atoms with van der Waals surface area (Å²) in [6.45, 7) is 4.93. The molecular formula is C22H24N4O4. The second-order valence-corrected chi connectivity index (χ2v) is 6.91. The Kier molecular flexibility index (Phi) is 7.94. The molecule has 0 heterocycles. The third-order valence-electron chi connectivity index (χ3n) is 4.21. The number of rotatable bonds is 7. The SMILES string of the molecule is CC(C)[C@H](NC(=O)Nc1ccccc1)C(=O)O[C@@H](C)C(=O)Nc1ccccc1C#N. The van der Waals surface area contributed by atoms with Crippen molar-refractivity contribution in [3.63, 3.8) is 0 Å². The second-order valence-electron chi connectivity index (χ2n) is 6.91. The van der Waals surface area contributed by atoms with Gasteiger partial charge in [0.25, 0.3) is 5.91 Å². The Morgan fingerprint density at radius 3 is 2.20 bits per heavy atom. The van der Waals surface area contributed by atoms with Crippen LogP contribution in [0.15, 0.2) is 54.6 Å². The molecule has 0 spiro atoms. The van der Waals surface area contributed by atoms with Crippen LogP contribution in [0, 0.1) is 17.2 Å². The summed E-state index contributed by atoms with van der Waals surface area (Å²) in [7, 11) is 0. The van der Waals surface area contributed by atoms with Gasteiger partial charge in [0.1, 0.15) is 12.1 Å². The molecule has 2 aromatic carbocycles. The maximum Gasteiger partial charge on any atom is 0.329 e. The van der Waals surface area contributed by atoms with Gasteiger partial charge in [-0.25, -0.2) is 9.59 Å². The maximum atomic E-state index is 12.6. The van der Waals surface area contributed by atoms with E-state index in [2.05, 4.69) is 16.0 Å². The van der Waals surface area contributed by atoms with Crippen LogP contribution in [0.3, 0.4) is 0 Å². The molecular weight excluding hydrogens is 384 g/mol. The molecule has 0 unspecified atom stereocenters. The van der Waals surface area contributed by atoms with Gasteiger partial charge in [0.2, 0.25) is 0 Å². The average Bonchev–Trinajstić information content (AvgIpc) is 2.72. The van der Waals surface area contributed by atoms with E-state index in [-0.39, 0.29) is 5.92 Å². The highest BCUT2D eigenvalue weighted by atomic mass is 16.5. The van der Waals surface area contributed by atoms with Gasteiger partial charge in [0, 0.05) is 5.69 Å². The smallest absolute Gasteiger partial charge is 0.329 e. The fourth-order valence-electron chi connectivity index (χ4n) is 2.55. The van der Waals surface area contributed by atoms with E-state index in [0.29, 0.717) is 16.9 Å². The standard InChI is InChI=1S/C22H24N4O4/c1-14(2)19(26-22(29)24-17-10-5-4-6-11-17)21(28)30-15(3)20(27)25-18-12-8-7-9-16(18)13-23/h4-12,14-15,19H,1-3H3,(H,25,27)(H2,24,26,29)/t15-,19-/m0/s1. The van der Waals surface area contributed by atoms with E-state index >= 15 is 0 Å². The van der Waals surface area contributed by atoms with E-state index in [4.69, 9.17) is 10.00 Å². The minimum atomic E-state index is -1.12. The topological polar surface area (TPSA) is 120 Å². The summed E-state index contributed by atoms with van der Waals surface area (Å²) in [5, 5.41) is 16.9. The number of benzene rings is 2. The lowest BCUT2D eigenvalue weighted by Crippen LogP contribution is -2.48. The lowest BCUT2D eigenvalue weighted by atomic mass is 10.0. The molecule has 0 saturated carbocycles. The first-order valence-electron chi connectivity index (χ1n) is 9.45. The summed E-state index contributed by atoms with van der Waals surface area (Å²) >= 11 is 0. The highest BCUT2D eigenvalue weighted by molar-refractivity contribution is 5.97. The van der Waals surface area contributed by atoms with Gasteiger partial charge < -0.3 is 20.7 Å². The van der Waals surface area contributed by atoms with Gasteiger partial charge in [-0.15, -0.1) is 0 Å². The van der Waals surface area contributed by atoms with Crippen molar-refractivity contribution >= 4 is 29.3 Å². The van der Waals surface area contributed by atoms with Gasteiger partial charge in [-0.1, -0.05) is 44.2 Å². The number of nitrogens with one attached hydrogen (secondary N) is 3. The molecule has 0 radical (unpaired) electrons. The van der Waals surface area contributed by atoms with E-state index in [9.17, 15) is 14.4 Å². The van der Waals surface area contributed by atoms with Crippen molar-refractivity contribution in [1.82, 2.24) is 5.32 Å². The van der Waals surface area contributed by atoms with Crippen molar-refractivity contribution in [2.75, 3.05) is 10.6 Å². The molecule has 2 aromatic rings. The monoisotopic (exact) mass is 408 g/mol. The number of hydrogen-bond acceptors (Lipinski definition) is 5. The number of nitrogens with zero attached hydrogens (tertiary/aromatic N) is 1. The molecule has 0 aliphatic heterocycles. The average molecular weight is 408 g/mol. The fourth-order valence-corrected chi connectivity index (χ4v) is 2.55. The van der Waals surface area contributed by atoms with E-state index < -0.39 is 30.1 Å². The molecule has 0 bridgehead atoms. The van der Waals surface area contributed by atoms with Crippen LogP contribution in [0.4, 0.5) is 16.2 Å². The Bertz CT molecular complexity index is 938. The molecule has 8 nitrogen and oxygen atoms in total. The molecule has 3 N–H and O–H groups in total. The summed E-state index contributed by atoms with van der Waals surface area (Å²) in [5.41, 5.74) is 1.20. The maximum absolute atomic E-state index is 12.6. The Balaban J connectivity index is 1.97. The van der Waals surface area contributed by atoms with Crippen LogP contribution in [0.5, 0.6) is 0 Å². The Morgan fingerprint density at radius 2 is 1.57 bits per heavy atom. The lowest BCUT2D eigenvalue weighted by Gasteiger charge is -2.23. The van der Waals surface area contributed by atoms with Gasteiger partial charge in [-0.05, 0) is 37.1 Å². The van der Waals surface area contributed by atoms with Gasteiger partial charge in [-0.3, -0.25) is 4.79 Å². The van der Waals surface area contributed by atoms with Gasteiger partial charge in [0.15, 0.2) is 6.10 Å². The van der Waals surface area contributed by atoms with E-state index in [0.717, 1.165) is 0 Å². The Morgan fingerprint density at radius 1 is 0.933 bits per heavy atom. The van der Waals surface area contributed by atoms with Crippen LogP contribution in [0.1, 0.15) is 26.3 Å². The number of amides is 3. The first kappa shape index (κ1) is 22.4. The fraction of sp³-hybridized carbons (Fsp3) is 0.273. The Labute approximate surface area is 175 Å². The summed E-state index contributed by atoms with van der Waals surface area (Å²) in [5.74, 6) is -1.58. The zero-order valence-corrected chi connectivity index (χ0v) is 17.0. The van der Waals surface area contributed by atoms with Crippen molar-refractivity contribution in [2.24, 2.45) is 5.92 Å². The molecule has 30 heavy (non-hydrogen) atoms. The van der Waals surface area contributed by atoms with Crippen molar-refractivity contribution in [1.29, 1.82) is 5.26 Å². The van der Waals surface area contributed by atoms with Crippen LogP contribution >= 0.6 is 0 Å². The normalized spacial score (nSPS) is 12.2. The second kappa shape index (κ2) is 10.6. The lowest BCUT2D eigenvalue weighted by molar-refractivity contribution is -0.156. The summed E-state index contributed by atoms with van der Waals surface area (Å²) in [6.07, 6.45) is -1.12. The summed E-state index contributed by atoms with van der Waals surface area (Å²) in [4.78, 5) is 37.2. The molecule has 0 saturated heterocycles. The third kappa shape index (κ3) is 6.34. The molecule has 2 atom stereocenters. The quantitative estimate of drug-likeness (QED) is 0.607. The number of urea groups is 1. The minimum absolute atomic E-state index is 0.270. The first-order valence-corrected chi connectivity index (χ1v) is 9.45. The molecule has 2 rings (SSSR count). The van der Waals surface area contributed by atoms with E-state index in [1.807, 2.05) is 12.1 Å². The van der Waals surface area contributed by atoms with Crippen LogP contribution in [0.25, 0.3) is 0 Å². The predicted octanol–water partition coefficient (Wildman–Crippen LogP) is 3.27. The van der Waals surface area contributed by atoms with E-state index in [1.165, 1.54) is 6.92 Å². The number of para-hydroxylation sites is 2. The first-order chi connectivity index (χ1) is 14.3. The van der Waals surface area contributed by atoms with Crippen LogP contribution in [-0.4, -0.2) is 30.1 Å². The van der Waals surface area contributed by atoms with Crippen LogP contribution in [0.2, 0.25) is 0 Å². The molecule has 0 aromatic heterocycles. The third-order valence-corrected chi connectivity index (χ3v) is 4.21. The summed E-state index contributed by atoms with van der Waals surface area (Å²) < 4.78 is 5.26. The highest BCUT2D eigenvalue weighted by Crippen LogP contribution is 2.15. The molecule has 0 aliphatic carbocycles. The number of ether oxygens (including phenoxy) is 1. The minimum Gasteiger partial charge on any atom is -0.451 e. The Hall–Kier alpha value is -3.86. The number of anilines is 2. The number of carbonyl (C=O) groups is 3. The van der Waals surface area contributed by atoms with Crippen molar-refractivity contribution < 1.29 is 19.1 Å².